The maximum absolute atomic E-state index is 12.9. The van der Waals surface area contributed by atoms with Crippen LogP contribution in [0.2, 0.25) is 0 Å². The lowest BCUT2D eigenvalue weighted by atomic mass is 9.99. The van der Waals surface area contributed by atoms with Crippen LogP contribution in [0.5, 0.6) is 0 Å². The van der Waals surface area contributed by atoms with Crippen LogP contribution >= 0.6 is 0 Å². The molecule has 0 aromatic rings. The van der Waals surface area contributed by atoms with Crippen molar-refractivity contribution in [3.8, 4) is 0 Å². The fraction of sp³-hybridized carbons (Fsp3) is 0.714. The molecule has 6 N–H and O–H groups in total. The molecular formula is C56H95NO10. The first-order chi connectivity index (χ1) is 32.7. The zero-order chi connectivity index (χ0) is 48.8. The Labute approximate surface area is 406 Å². The molecule has 1 amide bonds. The van der Waals surface area contributed by atoms with Gasteiger partial charge in [-0.05, 0) is 96.3 Å². The quantitative estimate of drug-likeness (QED) is 0.0196. The van der Waals surface area contributed by atoms with Gasteiger partial charge in [0.1, 0.15) is 24.4 Å². The van der Waals surface area contributed by atoms with Crippen molar-refractivity contribution in [2.75, 3.05) is 19.8 Å². The van der Waals surface area contributed by atoms with Gasteiger partial charge in [0, 0.05) is 12.8 Å². The Morgan fingerprint density at radius 1 is 0.552 bits per heavy atom. The van der Waals surface area contributed by atoms with Gasteiger partial charge in [-0.2, -0.15) is 0 Å². The van der Waals surface area contributed by atoms with E-state index in [0.29, 0.717) is 25.9 Å². The zero-order valence-corrected chi connectivity index (χ0v) is 41.8. The highest BCUT2D eigenvalue weighted by molar-refractivity contribution is 5.76. The Morgan fingerprint density at radius 3 is 1.60 bits per heavy atom. The summed E-state index contributed by atoms with van der Waals surface area (Å²) >= 11 is 0. The summed E-state index contributed by atoms with van der Waals surface area (Å²) in [5, 5.41) is 54.1. The van der Waals surface area contributed by atoms with Crippen LogP contribution in [0.3, 0.4) is 0 Å². The van der Waals surface area contributed by atoms with Gasteiger partial charge in [0.15, 0.2) is 6.29 Å². The monoisotopic (exact) mass is 942 g/mol. The molecule has 0 radical (unpaired) electrons. The molecule has 0 aromatic heterocycles. The molecule has 67 heavy (non-hydrogen) atoms. The molecule has 11 nitrogen and oxygen atoms in total. The number of allylic oxidation sites excluding steroid dienone is 13. The smallest absolute Gasteiger partial charge is 0.305 e. The number of unbranched alkanes of at least 4 members (excludes halogenated alkanes) is 17. The third kappa shape index (κ3) is 35.6. The first-order valence-electron chi connectivity index (χ1n) is 26.4. The van der Waals surface area contributed by atoms with Gasteiger partial charge >= 0.3 is 5.97 Å². The van der Waals surface area contributed by atoms with Crippen molar-refractivity contribution in [1.82, 2.24) is 5.32 Å². The SMILES string of the molecule is CCCC/C=C\C/C=C\CCCCCCCC(=O)OCCCCCCCC/C=C\C/C=C\CCC(=O)NC(COC1OC(CO)C(O)C(O)C1O)C(O)/C=C/CC/C=C/CC/C=C/CCCC. The fourth-order valence-corrected chi connectivity index (χ4v) is 7.40. The summed E-state index contributed by atoms with van der Waals surface area (Å²) in [6.45, 7) is 4.10. The van der Waals surface area contributed by atoms with Crippen LogP contribution in [0, 0.1) is 0 Å². The average molecular weight is 942 g/mol. The molecule has 1 rings (SSSR count). The van der Waals surface area contributed by atoms with Gasteiger partial charge < -0.3 is 45.1 Å². The summed E-state index contributed by atoms with van der Waals surface area (Å²) < 4.78 is 16.6. The fourth-order valence-electron chi connectivity index (χ4n) is 7.40. The number of carbonyl (C=O) groups is 2. The van der Waals surface area contributed by atoms with Gasteiger partial charge in [0.25, 0.3) is 0 Å². The molecule has 0 spiro atoms. The minimum Gasteiger partial charge on any atom is -0.466 e. The van der Waals surface area contributed by atoms with E-state index in [1.54, 1.807) is 6.08 Å². The van der Waals surface area contributed by atoms with Crippen LogP contribution in [0.15, 0.2) is 85.1 Å². The molecule has 1 aliphatic rings. The predicted molar refractivity (Wildman–Crippen MR) is 273 cm³/mol. The van der Waals surface area contributed by atoms with Gasteiger partial charge in [-0.15, -0.1) is 0 Å². The third-order valence-electron chi connectivity index (χ3n) is 11.7. The molecule has 7 atom stereocenters. The van der Waals surface area contributed by atoms with Crippen LogP contribution in [0.25, 0.3) is 0 Å². The lowest BCUT2D eigenvalue weighted by molar-refractivity contribution is -0.302. The van der Waals surface area contributed by atoms with E-state index in [2.05, 4.69) is 79.9 Å². The molecular weight excluding hydrogens is 847 g/mol. The van der Waals surface area contributed by atoms with Crippen molar-refractivity contribution in [1.29, 1.82) is 0 Å². The first kappa shape index (κ1) is 61.9. The van der Waals surface area contributed by atoms with Crippen LogP contribution in [0.1, 0.15) is 194 Å². The second kappa shape index (κ2) is 45.3. The number of nitrogens with one attached hydrogen (secondary N) is 1. The van der Waals surface area contributed by atoms with Crippen molar-refractivity contribution < 1.29 is 49.3 Å². The molecule has 7 unspecified atom stereocenters. The van der Waals surface area contributed by atoms with Crippen molar-refractivity contribution >= 4 is 11.9 Å². The van der Waals surface area contributed by atoms with E-state index in [0.717, 1.165) is 89.9 Å². The largest absolute Gasteiger partial charge is 0.466 e. The molecule has 11 heteroatoms. The van der Waals surface area contributed by atoms with E-state index in [9.17, 15) is 35.1 Å². The lowest BCUT2D eigenvalue weighted by Crippen LogP contribution is -2.60. The predicted octanol–water partition coefficient (Wildman–Crippen LogP) is 11.0. The van der Waals surface area contributed by atoms with E-state index in [1.807, 2.05) is 18.2 Å². The minimum absolute atomic E-state index is 0.0575. The van der Waals surface area contributed by atoms with E-state index in [1.165, 1.54) is 64.2 Å². The van der Waals surface area contributed by atoms with E-state index in [4.69, 9.17) is 14.2 Å². The first-order valence-corrected chi connectivity index (χ1v) is 26.4. The van der Waals surface area contributed by atoms with Crippen molar-refractivity contribution in [2.45, 2.75) is 236 Å². The highest BCUT2D eigenvalue weighted by Crippen LogP contribution is 2.22. The van der Waals surface area contributed by atoms with Gasteiger partial charge in [0.05, 0.1) is 32.0 Å². The van der Waals surface area contributed by atoms with Crippen molar-refractivity contribution in [3.05, 3.63) is 85.1 Å². The zero-order valence-electron chi connectivity index (χ0n) is 41.8. The molecule has 0 aliphatic carbocycles. The maximum atomic E-state index is 12.9. The molecule has 1 saturated heterocycles. The second-order valence-corrected chi connectivity index (χ2v) is 17.8. The number of ether oxygens (including phenoxy) is 3. The number of carbonyl (C=O) groups excluding carboxylic acids is 2. The van der Waals surface area contributed by atoms with Crippen LogP contribution in [0.4, 0.5) is 0 Å². The number of rotatable bonds is 43. The lowest BCUT2D eigenvalue weighted by Gasteiger charge is -2.40. The second-order valence-electron chi connectivity index (χ2n) is 17.8. The van der Waals surface area contributed by atoms with Crippen LogP contribution in [-0.2, 0) is 23.8 Å². The molecule has 0 aromatic carbocycles. The molecule has 1 fully saturated rings. The van der Waals surface area contributed by atoms with E-state index < -0.39 is 49.5 Å². The van der Waals surface area contributed by atoms with Gasteiger partial charge in [-0.25, -0.2) is 0 Å². The summed E-state index contributed by atoms with van der Waals surface area (Å²) in [5.41, 5.74) is 0. The summed E-state index contributed by atoms with van der Waals surface area (Å²) in [4.78, 5) is 25.0. The number of amides is 1. The van der Waals surface area contributed by atoms with Gasteiger partial charge in [0.2, 0.25) is 5.91 Å². The summed E-state index contributed by atoms with van der Waals surface area (Å²) in [6.07, 6.45) is 49.6. The van der Waals surface area contributed by atoms with Crippen LogP contribution < -0.4 is 5.32 Å². The molecule has 0 saturated carbocycles. The van der Waals surface area contributed by atoms with E-state index >= 15 is 0 Å². The number of esters is 1. The summed E-state index contributed by atoms with van der Waals surface area (Å²) in [5.74, 6) is -0.340. The normalized spacial score (nSPS) is 20.3. The Balaban J connectivity index is 2.24. The van der Waals surface area contributed by atoms with Crippen molar-refractivity contribution in [2.24, 2.45) is 0 Å². The van der Waals surface area contributed by atoms with Gasteiger partial charge in [-0.3, -0.25) is 9.59 Å². The highest BCUT2D eigenvalue weighted by Gasteiger charge is 2.44. The Kier molecular flexibility index (Phi) is 41.8. The third-order valence-corrected chi connectivity index (χ3v) is 11.7. The van der Waals surface area contributed by atoms with E-state index in [-0.39, 0.29) is 24.9 Å². The highest BCUT2D eigenvalue weighted by atomic mass is 16.7. The average Bonchev–Trinajstić information content (AvgIpc) is 3.32. The standard InChI is InChI=1S/C56H95NO10/c1-3-5-7-9-11-13-15-17-20-24-28-32-36-40-44-52(61)65-45-41-37-33-29-25-21-18-19-23-27-31-35-39-43-51(60)57-48(47-66-56-55(64)54(63)53(62)50(46-58)67-56)49(59)42-38-34-30-26-22-16-14-12-10-8-6-4-2/h9-12,15,17,19,22-23,26,31,35,38,42,48-50,53-56,58-59,62-64H,3-8,13-14,16,18,20-21,24-25,27-30,32-34,36-37,39-41,43-47H2,1-2H3,(H,57,60)/b11-9-,12-10+,17-15-,23-19-,26-22+,35-31-,42-38+. The summed E-state index contributed by atoms with van der Waals surface area (Å²) in [7, 11) is 0. The van der Waals surface area contributed by atoms with Crippen LogP contribution in [-0.4, -0.2) is 100 Å². The Bertz CT molecular complexity index is 1390. The number of hydrogen-bond donors (Lipinski definition) is 6. The number of aliphatic hydroxyl groups excluding tert-OH is 5. The number of aliphatic hydroxyl groups is 5. The van der Waals surface area contributed by atoms with Crippen molar-refractivity contribution in [3.63, 3.8) is 0 Å². The summed E-state index contributed by atoms with van der Waals surface area (Å²) in [6, 6.07) is -0.881. The molecule has 384 valence electrons. The Hall–Kier alpha value is -3.16. The molecule has 1 heterocycles. The van der Waals surface area contributed by atoms with Gasteiger partial charge in [-0.1, -0.05) is 170 Å². The number of hydrogen-bond acceptors (Lipinski definition) is 10. The minimum atomic E-state index is -1.60. The Morgan fingerprint density at radius 2 is 1.03 bits per heavy atom. The molecule has 0 bridgehead atoms. The topological polar surface area (TPSA) is 175 Å². The maximum Gasteiger partial charge on any atom is 0.305 e. The molecule has 1 aliphatic heterocycles.